The zero-order valence-corrected chi connectivity index (χ0v) is 37.4. The Labute approximate surface area is 347 Å². The van der Waals surface area contributed by atoms with E-state index in [1.165, 1.54) is 148 Å². The molecule has 0 saturated carbocycles. The lowest BCUT2D eigenvalue weighted by Gasteiger charge is -2.18. The first-order chi connectivity index (χ1) is 27.5. The van der Waals surface area contributed by atoms with E-state index >= 15 is 0 Å². The molecule has 0 bridgehead atoms. The van der Waals surface area contributed by atoms with Crippen LogP contribution in [0.3, 0.4) is 0 Å². The quantitative estimate of drug-likeness (QED) is 0.0265. The largest absolute Gasteiger partial charge is 0.462 e. The third kappa shape index (κ3) is 43.0. The molecule has 6 heteroatoms. The van der Waals surface area contributed by atoms with Crippen molar-refractivity contribution in [3.8, 4) is 0 Å². The number of carbonyl (C=O) groups is 3. The van der Waals surface area contributed by atoms with Gasteiger partial charge in [-0.05, 0) is 51.4 Å². The molecule has 0 heterocycles. The Hall–Kier alpha value is -2.11. The fourth-order valence-corrected chi connectivity index (χ4v) is 7.00. The lowest BCUT2D eigenvalue weighted by atomic mass is 10.1. The molecule has 0 N–H and O–H groups in total. The van der Waals surface area contributed by atoms with E-state index < -0.39 is 6.10 Å². The van der Waals surface area contributed by atoms with Crippen LogP contribution in [0.2, 0.25) is 0 Å². The van der Waals surface area contributed by atoms with Gasteiger partial charge in [0.25, 0.3) is 0 Å². The summed E-state index contributed by atoms with van der Waals surface area (Å²) < 4.78 is 16.7. The van der Waals surface area contributed by atoms with Gasteiger partial charge in [0, 0.05) is 19.3 Å². The summed E-state index contributed by atoms with van der Waals surface area (Å²) in [7, 11) is 0. The van der Waals surface area contributed by atoms with E-state index in [1.807, 2.05) is 0 Å². The predicted molar refractivity (Wildman–Crippen MR) is 238 cm³/mol. The smallest absolute Gasteiger partial charge is 0.306 e. The molecule has 328 valence electrons. The van der Waals surface area contributed by atoms with Crippen LogP contribution in [0.1, 0.15) is 258 Å². The highest BCUT2D eigenvalue weighted by molar-refractivity contribution is 5.71. The molecule has 0 fully saturated rings. The Balaban J connectivity index is 4.28. The fraction of sp³-hybridized carbons (Fsp3) is 0.860. The monoisotopic (exact) mass is 789 g/mol. The minimum Gasteiger partial charge on any atom is -0.462 e. The second kappa shape index (κ2) is 45.6. The maximum Gasteiger partial charge on any atom is 0.306 e. The Morgan fingerprint density at radius 2 is 0.643 bits per heavy atom. The van der Waals surface area contributed by atoms with Crippen LogP contribution in [0.15, 0.2) is 24.3 Å². The zero-order chi connectivity index (χ0) is 40.8. The molecule has 0 rings (SSSR count). The van der Waals surface area contributed by atoms with Gasteiger partial charge in [0.2, 0.25) is 0 Å². The van der Waals surface area contributed by atoms with E-state index in [0.29, 0.717) is 19.3 Å². The number of unbranched alkanes of at least 4 members (excludes halogenated alkanes) is 29. The first kappa shape index (κ1) is 53.9. The van der Waals surface area contributed by atoms with E-state index in [4.69, 9.17) is 14.2 Å². The first-order valence-electron chi connectivity index (χ1n) is 24.3. The Kier molecular flexibility index (Phi) is 43.9. The molecule has 1 unspecified atom stereocenters. The van der Waals surface area contributed by atoms with Crippen LogP contribution in [-0.2, 0) is 28.6 Å². The Bertz CT molecular complexity index is 911. The molecule has 1 atom stereocenters. The average molecular weight is 789 g/mol. The zero-order valence-electron chi connectivity index (χ0n) is 37.4. The molecule has 6 nitrogen and oxygen atoms in total. The number of hydrogen-bond acceptors (Lipinski definition) is 6. The molecular formula is C50H92O6. The van der Waals surface area contributed by atoms with Crippen LogP contribution < -0.4 is 0 Å². The molecule has 0 radical (unpaired) electrons. The summed E-state index contributed by atoms with van der Waals surface area (Å²) in [6.07, 6.45) is 50.2. The normalized spacial score (nSPS) is 12.1. The molecule has 0 amide bonds. The van der Waals surface area contributed by atoms with Crippen molar-refractivity contribution in [1.82, 2.24) is 0 Å². The van der Waals surface area contributed by atoms with Crippen LogP contribution in [0, 0.1) is 0 Å². The summed E-state index contributed by atoms with van der Waals surface area (Å²) in [5, 5.41) is 0. The summed E-state index contributed by atoms with van der Waals surface area (Å²) in [5.41, 5.74) is 0. The minimum atomic E-state index is -0.766. The van der Waals surface area contributed by atoms with Gasteiger partial charge in [0.15, 0.2) is 6.10 Å². The summed E-state index contributed by atoms with van der Waals surface area (Å²) in [5.74, 6) is -0.873. The van der Waals surface area contributed by atoms with Gasteiger partial charge in [-0.3, -0.25) is 14.4 Å². The molecule has 0 aromatic heterocycles. The van der Waals surface area contributed by atoms with Gasteiger partial charge in [0.1, 0.15) is 13.2 Å². The van der Waals surface area contributed by atoms with Gasteiger partial charge in [-0.2, -0.15) is 0 Å². The van der Waals surface area contributed by atoms with E-state index in [0.717, 1.165) is 70.6 Å². The third-order valence-electron chi connectivity index (χ3n) is 10.7. The molecule has 0 aromatic carbocycles. The van der Waals surface area contributed by atoms with Crippen molar-refractivity contribution in [2.24, 2.45) is 0 Å². The molecular weight excluding hydrogens is 697 g/mol. The first-order valence-corrected chi connectivity index (χ1v) is 24.3. The highest BCUT2D eigenvalue weighted by Crippen LogP contribution is 2.15. The number of allylic oxidation sites excluding steroid dienone is 4. The van der Waals surface area contributed by atoms with Crippen molar-refractivity contribution in [3.05, 3.63) is 24.3 Å². The van der Waals surface area contributed by atoms with Crippen molar-refractivity contribution in [3.63, 3.8) is 0 Å². The summed E-state index contributed by atoms with van der Waals surface area (Å²) in [6, 6.07) is 0. The summed E-state index contributed by atoms with van der Waals surface area (Å²) >= 11 is 0. The fourth-order valence-electron chi connectivity index (χ4n) is 7.00. The van der Waals surface area contributed by atoms with Crippen LogP contribution in [0.5, 0.6) is 0 Å². The van der Waals surface area contributed by atoms with Crippen LogP contribution in [0.25, 0.3) is 0 Å². The molecule has 0 aliphatic rings. The van der Waals surface area contributed by atoms with E-state index in [-0.39, 0.29) is 31.1 Å². The van der Waals surface area contributed by atoms with Crippen molar-refractivity contribution < 1.29 is 28.6 Å². The van der Waals surface area contributed by atoms with Gasteiger partial charge < -0.3 is 14.2 Å². The Morgan fingerprint density at radius 1 is 0.357 bits per heavy atom. The highest BCUT2D eigenvalue weighted by atomic mass is 16.6. The van der Waals surface area contributed by atoms with Gasteiger partial charge in [0.05, 0.1) is 0 Å². The van der Waals surface area contributed by atoms with Crippen molar-refractivity contribution in [1.29, 1.82) is 0 Å². The topological polar surface area (TPSA) is 78.9 Å². The second-order valence-electron chi connectivity index (χ2n) is 16.4. The highest BCUT2D eigenvalue weighted by Gasteiger charge is 2.19. The molecule has 0 aliphatic heterocycles. The second-order valence-corrected chi connectivity index (χ2v) is 16.4. The van der Waals surface area contributed by atoms with E-state index in [2.05, 4.69) is 45.1 Å². The lowest BCUT2D eigenvalue weighted by molar-refractivity contribution is -0.167. The van der Waals surface area contributed by atoms with Gasteiger partial charge in [-0.15, -0.1) is 0 Å². The van der Waals surface area contributed by atoms with Crippen LogP contribution in [-0.4, -0.2) is 37.2 Å². The Morgan fingerprint density at radius 3 is 1.00 bits per heavy atom. The van der Waals surface area contributed by atoms with Crippen molar-refractivity contribution >= 4 is 17.9 Å². The predicted octanol–water partition coefficient (Wildman–Crippen LogP) is 15.6. The lowest BCUT2D eigenvalue weighted by Crippen LogP contribution is -2.30. The minimum absolute atomic E-state index is 0.0699. The molecule has 0 spiro atoms. The molecule has 0 saturated heterocycles. The number of esters is 3. The van der Waals surface area contributed by atoms with E-state index in [1.54, 1.807) is 0 Å². The van der Waals surface area contributed by atoms with Crippen LogP contribution in [0.4, 0.5) is 0 Å². The average Bonchev–Trinajstić information content (AvgIpc) is 3.19. The van der Waals surface area contributed by atoms with Gasteiger partial charge in [-0.25, -0.2) is 0 Å². The number of rotatable bonds is 44. The molecule has 56 heavy (non-hydrogen) atoms. The van der Waals surface area contributed by atoms with Gasteiger partial charge in [-0.1, -0.05) is 212 Å². The SMILES string of the molecule is CCCCCC/C=C\C/C=C\CCCCCCCCCC(=O)OCC(COC(=O)CCCCCCCCCCC)OC(=O)CCCCCCCCCCCCC. The third-order valence-corrected chi connectivity index (χ3v) is 10.7. The number of carbonyl (C=O) groups excluding carboxylic acids is 3. The van der Waals surface area contributed by atoms with Gasteiger partial charge >= 0.3 is 17.9 Å². The maximum absolute atomic E-state index is 12.7. The van der Waals surface area contributed by atoms with Crippen LogP contribution >= 0.6 is 0 Å². The van der Waals surface area contributed by atoms with Crippen molar-refractivity contribution in [2.45, 2.75) is 264 Å². The molecule has 0 aliphatic carbocycles. The summed E-state index contributed by atoms with van der Waals surface area (Å²) in [6.45, 7) is 6.60. The number of hydrogen-bond donors (Lipinski definition) is 0. The summed E-state index contributed by atoms with van der Waals surface area (Å²) in [4.78, 5) is 37.7. The standard InChI is InChI=1S/C50H92O6/c1-4-7-10-13-16-19-21-22-23-24-25-26-27-29-31-34-37-40-43-49(52)55-46-47(45-54-48(51)42-39-36-33-30-18-15-12-9-6-3)56-50(53)44-41-38-35-32-28-20-17-14-11-8-5-2/h19,21,23-24,47H,4-18,20,22,25-46H2,1-3H3/b21-19-,24-23-. The molecule has 0 aromatic rings. The van der Waals surface area contributed by atoms with E-state index in [9.17, 15) is 14.4 Å². The number of ether oxygens (including phenoxy) is 3. The maximum atomic E-state index is 12.7. The van der Waals surface area contributed by atoms with Crippen molar-refractivity contribution in [2.75, 3.05) is 13.2 Å².